The molecule has 118 valence electrons. The summed E-state index contributed by atoms with van der Waals surface area (Å²) in [4.78, 5) is 33.1. The summed E-state index contributed by atoms with van der Waals surface area (Å²) in [6.07, 6.45) is 1.49. The fourth-order valence-corrected chi connectivity index (χ4v) is 3.82. The molecule has 1 N–H and O–H groups in total. The summed E-state index contributed by atoms with van der Waals surface area (Å²) in [6.45, 7) is 8.26. The van der Waals surface area contributed by atoms with Gasteiger partial charge >= 0.3 is 0 Å². The van der Waals surface area contributed by atoms with E-state index in [1.54, 1.807) is 0 Å². The lowest BCUT2D eigenvalue weighted by molar-refractivity contribution is -0.134. The van der Waals surface area contributed by atoms with Crippen LogP contribution in [0.2, 0.25) is 0 Å². The zero-order chi connectivity index (χ0) is 15.9. The van der Waals surface area contributed by atoms with E-state index in [1.807, 2.05) is 25.7 Å². The van der Waals surface area contributed by atoms with Crippen LogP contribution in [0.15, 0.2) is 11.1 Å². The average molecular weight is 320 g/mol. The smallest absolute Gasteiger partial charge is 0.262 e. The zero-order valence-electron chi connectivity index (χ0n) is 13.0. The molecular weight excluding hydrogens is 300 g/mol. The first-order valence-electron chi connectivity index (χ1n) is 7.44. The summed E-state index contributed by atoms with van der Waals surface area (Å²) in [5.74, 6) is -0.0261. The molecular formula is C15H20N4O2S. The number of carbonyl (C=O) groups excluding carboxylic acids is 1. The van der Waals surface area contributed by atoms with Gasteiger partial charge in [0, 0.05) is 30.6 Å². The molecule has 1 aliphatic rings. The number of aromatic nitrogens is 2. The lowest BCUT2D eigenvalue weighted by atomic mass is 10.2. The fourth-order valence-electron chi connectivity index (χ4n) is 2.83. The fraction of sp³-hybridized carbons (Fsp3) is 0.533. The summed E-state index contributed by atoms with van der Waals surface area (Å²) < 4.78 is 1.43. The van der Waals surface area contributed by atoms with Crippen molar-refractivity contribution >= 4 is 27.5 Å². The molecule has 7 heteroatoms. The van der Waals surface area contributed by atoms with E-state index in [1.165, 1.54) is 22.2 Å². The van der Waals surface area contributed by atoms with Crippen molar-refractivity contribution in [2.24, 2.45) is 0 Å². The molecule has 0 spiro atoms. The topological polar surface area (TPSA) is 67.2 Å². The van der Waals surface area contributed by atoms with E-state index in [9.17, 15) is 9.59 Å². The second kappa shape index (κ2) is 5.81. The quantitative estimate of drug-likeness (QED) is 0.892. The van der Waals surface area contributed by atoms with Crippen LogP contribution in [0, 0.1) is 13.8 Å². The van der Waals surface area contributed by atoms with E-state index in [2.05, 4.69) is 10.3 Å². The Morgan fingerprint density at radius 3 is 3.00 bits per heavy atom. The molecule has 1 fully saturated rings. The highest BCUT2D eigenvalue weighted by atomic mass is 32.1. The van der Waals surface area contributed by atoms with Gasteiger partial charge in [0.05, 0.1) is 11.7 Å². The molecule has 0 bridgehead atoms. The zero-order valence-corrected chi connectivity index (χ0v) is 13.9. The van der Waals surface area contributed by atoms with Gasteiger partial charge in [-0.05, 0) is 26.3 Å². The van der Waals surface area contributed by atoms with Gasteiger partial charge in [-0.25, -0.2) is 4.98 Å². The summed E-state index contributed by atoms with van der Waals surface area (Å²) in [5, 5.41) is 3.90. The number of nitrogens with one attached hydrogen (secondary N) is 1. The number of hydrogen-bond donors (Lipinski definition) is 1. The molecule has 0 unspecified atom stereocenters. The number of amides is 1. The lowest BCUT2D eigenvalue weighted by Gasteiger charge is -2.34. The maximum Gasteiger partial charge on any atom is 0.262 e. The monoisotopic (exact) mass is 320 g/mol. The minimum atomic E-state index is -0.122. The predicted molar refractivity (Wildman–Crippen MR) is 87.4 cm³/mol. The Hall–Kier alpha value is -1.73. The Kier molecular flexibility index (Phi) is 4.01. The van der Waals surface area contributed by atoms with Gasteiger partial charge in [0.25, 0.3) is 5.56 Å². The number of hydrogen-bond acceptors (Lipinski definition) is 5. The van der Waals surface area contributed by atoms with Crippen LogP contribution in [0.4, 0.5) is 0 Å². The molecule has 2 aromatic rings. The van der Waals surface area contributed by atoms with Gasteiger partial charge in [0.1, 0.15) is 11.4 Å². The Labute approximate surface area is 132 Å². The van der Waals surface area contributed by atoms with Gasteiger partial charge in [-0.15, -0.1) is 11.3 Å². The molecule has 0 aromatic carbocycles. The van der Waals surface area contributed by atoms with E-state index in [0.29, 0.717) is 11.9 Å². The molecule has 2 aromatic heterocycles. The van der Waals surface area contributed by atoms with Crippen LogP contribution in [-0.2, 0) is 11.3 Å². The summed E-state index contributed by atoms with van der Waals surface area (Å²) in [6, 6.07) is 0.152. The van der Waals surface area contributed by atoms with Crippen molar-refractivity contribution in [3.8, 4) is 0 Å². The number of aryl methyl sites for hydroxylation is 2. The largest absolute Gasteiger partial charge is 0.336 e. The van der Waals surface area contributed by atoms with Crippen molar-refractivity contribution in [3.05, 3.63) is 27.1 Å². The Balaban J connectivity index is 1.91. The van der Waals surface area contributed by atoms with Gasteiger partial charge in [-0.3, -0.25) is 14.2 Å². The molecule has 3 rings (SSSR count). The van der Waals surface area contributed by atoms with Crippen LogP contribution >= 0.6 is 11.3 Å². The number of nitrogens with zero attached hydrogens (tertiary/aromatic N) is 3. The SMILES string of the molecule is Cc1sc2ncn(CC(=O)N3CCNC[C@H]3C)c(=O)c2c1C. The first kappa shape index (κ1) is 15.2. The second-order valence-corrected chi connectivity index (χ2v) is 6.98. The Bertz CT molecular complexity index is 780. The molecule has 0 radical (unpaired) electrons. The van der Waals surface area contributed by atoms with Gasteiger partial charge in [-0.2, -0.15) is 0 Å². The molecule has 22 heavy (non-hydrogen) atoms. The molecule has 1 atom stereocenters. The summed E-state index contributed by atoms with van der Waals surface area (Å²) >= 11 is 1.52. The number of piperazine rings is 1. The normalized spacial score (nSPS) is 18.9. The minimum absolute atomic E-state index is 0.0261. The van der Waals surface area contributed by atoms with Gasteiger partial charge in [-0.1, -0.05) is 0 Å². The van der Waals surface area contributed by atoms with Gasteiger partial charge < -0.3 is 10.2 Å². The summed E-state index contributed by atoms with van der Waals surface area (Å²) in [5.41, 5.74) is 0.845. The van der Waals surface area contributed by atoms with Crippen molar-refractivity contribution < 1.29 is 4.79 Å². The highest BCUT2D eigenvalue weighted by Gasteiger charge is 2.23. The molecule has 3 heterocycles. The Morgan fingerprint density at radius 2 is 2.27 bits per heavy atom. The predicted octanol–water partition coefficient (Wildman–Crippen LogP) is 0.895. The first-order chi connectivity index (χ1) is 10.5. The van der Waals surface area contributed by atoms with Crippen molar-refractivity contribution in [3.63, 3.8) is 0 Å². The van der Waals surface area contributed by atoms with E-state index in [-0.39, 0.29) is 24.1 Å². The number of fused-ring (bicyclic) bond motifs is 1. The molecule has 0 aliphatic carbocycles. The standard InChI is InChI=1S/C15H20N4O2S/c1-9-6-16-4-5-19(9)12(20)7-18-8-17-14-13(15(18)21)10(2)11(3)22-14/h8-9,16H,4-7H2,1-3H3/t9-/m1/s1. The highest BCUT2D eigenvalue weighted by Crippen LogP contribution is 2.25. The Morgan fingerprint density at radius 1 is 1.50 bits per heavy atom. The van der Waals surface area contributed by atoms with Crippen LogP contribution in [0.3, 0.4) is 0 Å². The first-order valence-corrected chi connectivity index (χ1v) is 8.26. The molecule has 1 saturated heterocycles. The minimum Gasteiger partial charge on any atom is -0.336 e. The molecule has 6 nitrogen and oxygen atoms in total. The third-order valence-electron chi connectivity index (χ3n) is 4.28. The van der Waals surface area contributed by atoms with Crippen molar-refractivity contribution in [1.29, 1.82) is 0 Å². The molecule has 0 saturated carbocycles. The van der Waals surface area contributed by atoms with Crippen molar-refractivity contribution in [2.45, 2.75) is 33.4 Å². The number of thiophene rings is 1. The maximum atomic E-state index is 12.6. The van der Waals surface area contributed by atoms with Gasteiger partial charge in [0.15, 0.2) is 0 Å². The third kappa shape index (κ3) is 2.55. The number of rotatable bonds is 2. The third-order valence-corrected chi connectivity index (χ3v) is 5.40. The highest BCUT2D eigenvalue weighted by molar-refractivity contribution is 7.18. The van der Waals surface area contributed by atoms with E-state index in [4.69, 9.17) is 0 Å². The van der Waals surface area contributed by atoms with Crippen LogP contribution in [0.1, 0.15) is 17.4 Å². The van der Waals surface area contributed by atoms with E-state index < -0.39 is 0 Å². The van der Waals surface area contributed by atoms with Crippen LogP contribution in [0.5, 0.6) is 0 Å². The average Bonchev–Trinajstić information content (AvgIpc) is 2.78. The summed E-state index contributed by atoms with van der Waals surface area (Å²) in [7, 11) is 0. The maximum absolute atomic E-state index is 12.6. The van der Waals surface area contributed by atoms with Crippen LogP contribution < -0.4 is 10.9 Å². The lowest BCUT2D eigenvalue weighted by Crippen LogP contribution is -2.53. The second-order valence-electron chi connectivity index (χ2n) is 5.78. The van der Waals surface area contributed by atoms with E-state index >= 15 is 0 Å². The van der Waals surface area contributed by atoms with Gasteiger partial charge in [0.2, 0.25) is 5.91 Å². The van der Waals surface area contributed by atoms with Crippen molar-refractivity contribution in [1.82, 2.24) is 19.8 Å². The molecule has 1 aliphatic heterocycles. The van der Waals surface area contributed by atoms with Crippen molar-refractivity contribution in [2.75, 3.05) is 19.6 Å². The van der Waals surface area contributed by atoms with Crippen LogP contribution in [-0.4, -0.2) is 46.0 Å². The molecule has 1 amide bonds. The number of carbonyl (C=O) groups is 1. The van der Waals surface area contributed by atoms with Crippen LogP contribution in [0.25, 0.3) is 10.2 Å². The van der Waals surface area contributed by atoms with E-state index in [0.717, 1.165) is 28.4 Å².